The maximum Gasteiger partial charge on any atom is 0.322 e. The molecule has 2 aromatic heterocycles. The monoisotopic (exact) mass is 620 g/mol. The molecule has 0 aliphatic carbocycles. The molecule has 3 aromatic carbocycles. The quantitative estimate of drug-likeness (QED) is 0.176. The average Bonchev–Trinajstić information content (AvgIpc) is 3.50. The smallest absolute Gasteiger partial charge is 0.322 e. The summed E-state index contributed by atoms with van der Waals surface area (Å²) < 4.78 is 13.6. The van der Waals surface area contributed by atoms with Crippen LogP contribution in [0.2, 0.25) is 0 Å². The first kappa shape index (κ1) is 30.5. The number of hydrogen-bond acceptors (Lipinski definition) is 5. The Morgan fingerprint density at radius 1 is 0.957 bits per heavy atom. The third-order valence-electron chi connectivity index (χ3n) is 8.79. The molecule has 46 heavy (non-hydrogen) atoms. The third-order valence-corrected chi connectivity index (χ3v) is 8.79. The Bertz CT molecular complexity index is 1880. The lowest BCUT2D eigenvalue weighted by Crippen LogP contribution is -2.52. The molecule has 0 saturated carbocycles. The van der Waals surface area contributed by atoms with Gasteiger partial charge in [0, 0.05) is 41.5 Å². The molecule has 0 atom stereocenters. The molecule has 1 aliphatic heterocycles. The second-order valence-electron chi connectivity index (χ2n) is 11.8. The number of aromatic hydroxyl groups is 1. The number of benzene rings is 3. The number of likely N-dealkylation sites (tertiary alicyclic amines) is 1. The molecule has 4 N–H and O–H groups in total. The normalized spacial score (nSPS) is 14.2. The van der Waals surface area contributed by atoms with E-state index in [1.54, 1.807) is 41.6 Å². The fourth-order valence-corrected chi connectivity index (χ4v) is 6.26. The number of carbonyl (C=O) groups is 3. The lowest BCUT2D eigenvalue weighted by molar-refractivity contribution is -0.143. The number of aromatic amines is 1. The van der Waals surface area contributed by atoms with Gasteiger partial charge in [0.05, 0.1) is 23.5 Å². The first-order valence-corrected chi connectivity index (χ1v) is 15.1. The Kier molecular flexibility index (Phi) is 8.52. The number of halogens is 1. The van der Waals surface area contributed by atoms with Crippen molar-refractivity contribution in [1.29, 1.82) is 0 Å². The number of carboxylic acids is 1. The predicted molar refractivity (Wildman–Crippen MR) is 171 cm³/mol. The van der Waals surface area contributed by atoms with Crippen LogP contribution in [0.4, 0.5) is 4.39 Å². The molecule has 1 fully saturated rings. The van der Waals surface area contributed by atoms with Gasteiger partial charge in [-0.05, 0) is 72.4 Å². The molecule has 10 heteroatoms. The Labute approximate surface area is 264 Å². The number of fused-ring (bicyclic) bond motifs is 1. The molecule has 234 valence electrons. The van der Waals surface area contributed by atoms with Crippen LogP contribution in [0.3, 0.4) is 0 Å². The van der Waals surface area contributed by atoms with E-state index < -0.39 is 17.9 Å². The van der Waals surface area contributed by atoms with Crippen molar-refractivity contribution in [3.63, 3.8) is 0 Å². The first-order valence-electron chi connectivity index (χ1n) is 15.1. The van der Waals surface area contributed by atoms with Crippen LogP contribution in [0.25, 0.3) is 33.3 Å². The summed E-state index contributed by atoms with van der Waals surface area (Å²) >= 11 is 0. The average molecular weight is 621 g/mol. The highest BCUT2D eigenvalue weighted by Gasteiger charge is 2.42. The van der Waals surface area contributed by atoms with Gasteiger partial charge >= 0.3 is 5.97 Å². The van der Waals surface area contributed by atoms with Gasteiger partial charge in [-0.2, -0.15) is 0 Å². The van der Waals surface area contributed by atoms with Crippen LogP contribution in [0.5, 0.6) is 5.75 Å². The van der Waals surface area contributed by atoms with Crippen molar-refractivity contribution in [2.45, 2.75) is 25.7 Å². The summed E-state index contributed by atoms with van der Waals surface area (Å²) in [6, 6.07) is 22.7. The number of nitrogens with one attached hydrogen (secondary N) is 2. The van der Waals surface area contributed by atoms with Crippen molar-refractivity contribution in [1.82, 2.24) is 20.2 Å². The summed E-state index contributed by atoms with van der Waals surface area (Å²) in [7, 11) is 0. The van der Waals surface area contributed by atoms with Crippen molar-refractivity contribution in [2.24, 2.45) is 5.41 Å². The van der Waals surface area contributed by atoms with E-state index >= 15 is 0 Å². The highest BCUT2D eigenvalue weighted by molar-refractivity contribution is 5.90. The predicted octanol–water partition coefficient (Wildman–Crippen LogP) is 5.34. The van der Waals surface area contributed by atoms with E-state index in [0.717, 1.165) is 38.9 Å². The number of nitrogens with zero attached hydrogens (tertiary/aromatic N) is 2. The molecule has 9 nitrogen and oxygen atoms in total. The molecule has 0 bridgehead atoms. The standard InChI is InChI=1S/C36H33FN4O5/c37-27-9-5-23(6-10-27)20-36(35(46)39-22-34(44)45)12-15-41(16-13-36)33(43)19-25-8-7-24(28-3-1-2-4-32(28)42)17-29(25)30-18-26-11-14-38-21-31(26)40-30/h1-11,14,17-18,21,40,42H,12-13,15-16,19-20,22H2,(H,39,46)(H,44,45). The molecule has 1 aliphatic rings. The molecular formula is C36H33FN4O5. The maximum absolute atomic E-state index is 13.8. The fourth-order valence-electron chi connectivity index (χ4n) is 6.26. The topological polar surface area (TPSA) is 136 Å². The van der Waals surface area contributed by atoms with Gasteiger partial charge in [-0.15, -0.1) is 0 Å². The lowest BCUT2D eigenvalue weighted by atomic mass is 9.72. The van der Waals surface area contributed by atoms with E-state index in [1.165, 1.54) is 12.1 Å². The zero-order chi connectivity index (χ0) is 32.3. The second-order valence-corrected chi connectivity index (χ2v) is 11.8. The molecule has 0 radical (unpaired) electrons. The number of rotatable bonds is 9. The zero-order valence-electron chi connectivity index (χ0n) is 25.0. The largest absolute Gasteiger partial charge is 0.507 e. The number of phenols is 1. The van der Waals surface area contributed by atoms with Gasteiger partial charge in [0.1, 0.15) is 18.1 Å². The van der Waals surface area contributed by atoms with Crippen LogP contribution in [-0.4, -0.2) is 62.5 Å². The van der Waals surface area contributed by atoms with Crippen molar-refractivity contribution < 1.29 is 29.0 Å². The molecule has 5 aromatic rings. The van der Waals surface area contributed by atoms with Crippen LogP contribution in [-0.2, 0) is 27.2 Å². The number of hydrogen-bond donors (Lipinski definition) is 4. The fraction of sp³-hybridized carbons (Fsp3) is 0.222. The van der Waals surface area contributed by atoms with Crippen molar-refractivity contribution in [2.75, 3.05) is 19.6 Å². The van der Waals surface area contributed by atoms with Gasteiger partial charge < -0.3 is 25.4 Å². The van der Waals surface area contributed by atoms with Gasteiger partial charge in [-0.25, -0.2) is 4.39 Å². The second kappa shape index (κ2) is 12.8. The summed E-state index contributed by atoms with van der Waals surface area (Å²) in [5.41, 5.74) is 4.59. The van der Waals surface area contributed by atoms with Gasteiger partial charge in [-0.1, -0.05) is 42.5 Å². The Morgan fingerprint density at radius 3 is 2.43 bits per heavy atom. The summed E-state index contributed by atoms with van der Waals surface area (Å²) in [6.45, 7) is 0.115. The van der Waals surface area contributed by atoms with Gasteiger partial charge in [0.2, 0.25) is 11.8 Å². The molecule has 0 spiro atoms. The summed E-state index contributed by atoms with van der Waals surface area (Å²) in [5, 5.41) is 23.2. The summed E-state index contributed by atoms with van der Waals surface area (Å²) in [6.07, 6.45) is 4.53. The van der Waals surface area contributed by atoms with Crippen LogP contribution in [0.1, 0.15) is 24.0 Å². The molecule has 2 amide bonds. The van der Waals surface area contributed by atoms with Crippen molar-refractivity contribution >= 4 is 28.7 Å². The minimum absolute atomic E-state index is 0.101. The highest BCUT2D eigenvalue weighted by atomic mass is 19.1. The van der Waals surface area contributed by atoms with Gasteiger partial charge in [0.15, 0.2) is 0 Å². The Hall–Kier alpha value is -5.51. The number of piperidine rings is 1. The molecule has 3 heterocycles. The molecule has 6 rings (SSSR count). The van der Waals surface area contributed by atoms with Crippen LogP contribution in [0, 0.1) is 11.2 Å². The number of carbonyl (C=O) groups excluding carboxylic acids is 2. The number of phenolic OH excluding ortho intramolecular Hbond substituents is 1. The Balaban J connectivity index is 1.25. The van der Waals surface area contributed by atoms with E-state index in [1.807, 2.05) is 42.5 Å². The molecule has 0 unspecified atom stereocenters. The highest BCUT2D eigenvalue weighted by Crippen LogP contribution is 2.38. The third kappa shape index (κ3) is 6.46. The molecule has 1 saturated heterocycles. The maximum atomic E-state index is 13.8. The number of aliphatic carboxylic acids is 1. The summed E-state index contributed by atoms with van der Waals surface area (Å²) in [4.78, 5) is 47.6. The number of H-pyrrole nitrogens is 1. The zero-order valence-corrected chi connectivity index (χ0v) is 25.0. The number of pyridine rings is 1. The lowest BCUT2D eigenvalue weighted by Gasteiger charge is -2.41. The van der Waals surface area contributed by atoms with Gasteiger partial charge in [0.25, 0.3) is 0 Å². The van der Waals surface area contributed by atoms with Gasteiger partial charge in [-0.3, -0.25) is 19.4 Å². The molecular weight excluding hydrogens is 587 g/mol. The van der Waals surface area contributed by atoms with Crippen LogP contribution >= 0.6 is 0 Å². The van der Waals surface area contributed by atoms with Crippen LogP contribution < -0.4 is 5.32 Å². The minimum Gasteiger partial charge on any atom is -0.507 e. The first-order chi connectivity index (χ1) is 22.2. The van der Waals surface area contributed by atoms with E-state index in [2.05, 4.69) is 15.3 Å². The van der Waals surface area contributed by atoms with E-state index in [4.69, 9.17) is 5.11 Å². The van der Waals surface area contributed by atoms with Crippen molar-refractivity contribution in [3.05, 3.63) is 108 Å². The van der Waals surface area contributed by atoms with Crippen molar-refractivity contribution in [3.8, 4) is 28.1 Å². The van der Waals surface area contributed by atoms with E-state index in [0.29, 0.717) is 37.9 Å². The van der Waals surface area contributed by atoms with E-state index in [9.17, 15) is 23.9 Å². The number of para-hydroxylation sites is 1. The number of amides is 2. The summed E-state index contributed by atoms with van der Waals surface area (Å²) in [5.74, 6) is -1.86. The van der Waals surface area contributed by atoms with E-state index in [-0.39, 0.29) is 29.8 Å². The minimum atomic E-state index is -1.14. The van der Waals surface area contributed by atoms with Crippen LogP contribution in [0.15, 0.2) is 91.3 Å². The number of aromatic nitrogens is 2. The number of carboxylic acid groups (broad SMARTS) is 1. The SMILES string of the molecule is O=C(O)CNC(=O)C1(Cc2ccc(F)cc2)CCN(C(=O)Cc2ccc(-c3ccccc3O)cc2-c2cc3ccncc3[nH]2)CC1. The Morgan fingerprint density at radius 2 is 1.72 bits per heavy atom.